The summed E-state index contributed by atoms with van der Waals surface area (Å²) in [4.78, 5) is 28.7. The minimum Gasteiger partial charge on any atom is -0.386 e. The molecule has 0 spiro atoms. The van der Waals surface area contributed by atoms with Crippen LogP contribution in [0.15, 0.2) is 29.3 Å². The highest BCUT2D eigenvalue weighted by molar-refractivity contribution is 6.28. The van der Waals surface area contributed by atoms with Gasteiger partial charge in [0.05, 0.1) is 17.3 Å². The molecule has 0 aliphatic carbocycles. The van der Waals surface area contributed by atoms with Crippen molar-refractivity contribution in [2.75, 3.05) is 10.8 Å². The van der Waals surface area contributed by atoms with Crippen molar-refractivity contribution in [1.82, 2.24) is 5.32 Å². The number of nitrogens with two attached hydrogens (primary N) is 1. The van der Waals surface area contributed by atoms with E-state index in [0.29, 0.717) is 11.4 Å². The Morgan fingerprint density at radius 3 is 2.84 bits per heavy atom. The molecular weight excluding hydrogens is 268 g/mol. The van der Waals surface area contributed by atoms with E-state index in [9.17, 15) is 9.59 Å². The zero-order chi connectivity index (χ0) is 14.0. The summed E-state index contributed by atoms with van der Waals surface area (Å²) in [6.45, 7) is 1.63. The Bertz CT molecular complexity index is 558. The SMILES string of the molecule is CC1NC(=O)N(c2cccc(N=C(N)CCl)c2)C1=O. The monoisotopic (exact) mass is 280 g/mol. The van der Waals surface area contributed by atoms with E-state index in [4.69, 9.17) is 17.3 Å². The maximum absolute atomic E-state index is 11.9. The summed E-state index contributed by atoms with van der Waals surface area (Å²) >= 11 is 5.55. The number of carbonyl (C=O) groups is 2. The maximum atomic E-state index is 11.9. The number of amidine groups is 1. The molecular formula is C12H13ClN4O2. The number of imide groups is 1. The normalized spacial score (nSPS) is 19.8. The Balaban J connectivity index is 2.34. The van der Waals surface area contributed by atoms with Crippen LogP contribution < -0.4 is 16.0 Å². The molecule has 1 aromatic carbocycles. The van der Waals surface area contributed by atoms with E-state index in [1.165, 1.54) is 0 Å². The molecule has 1 fully saturated rings. The van der Waals surface area contributed by atoms with Crippen LogP contribution >= 0.6 is 11.6 Å². The topological polar surface area (TPSA) is 87.8 Å². The Morgan fingerprint density at radius 2 is 2.26 bits per heavy atom. The molecule has 1 unspecified atom stereocenters. The third kappa shape index (κ3) is 2.68. The van der Waals surface area contributed by atoms with Crippen LogP contribution in [0.4, 0.5) is 16.2 Å². The van der Waals surface area contributed by atoms with Gasteiger partial charge in [0.25, 0.3) is 5.91 Å². The van der Waals surface area contributed by atoms with E-state index < -0.39 is 12.1 Å². The van der Waals surface area contributed by atoms with Gasteiger partial charge in [-0.3, -0.25) is 4.79 Å². The molecule has 3 amide bonds. The summed E-state index contributed by atoms with van der Waals surface area (Å²) in [6.07, 6.45) is 0. The number of carbonyl (C=O) groups excluding carboxylic acids is 2. The number of amides is 3. The molecule has 1 aromatic rings. The fraction of sp³-hybridized carbons (Fsp3) is 0.250. The lowest BCUT2D eigenvalue weighted by Crippen LogP contribution is -2.30. The number of anilines is 1. The minimum absolute atomic E-state index is 0.115. The number of nitrogens with one attached hydrogen (secondary N) is 1. The Labute approximate surface area is 115 Å². The van der Waals surface area contributed by atoms with Crippen LogP contribution in [-0.2, 0) is 4.79 Å². The third-order valence-corrected chi connectivity index (χ3v) is 2.91. The molecule has 100 valence electrons. The van der Waals surface area contributed by atoms with Gasteiger partial charge in [0.1, 0.15) is 11.9 Å². The van der Waals surface area contributed by atoms with Crippen molar-refractivity contribution in [2.24, 2.45) is 10.7 Å². The van der Waals surface area contributed by atoms with Gasteiger partial charge in [-0.05, 0) is 25.1 Å². The van der Waals surface area contributed by atoms with Crippen molar-refractivity contribution in [3.63, 3.8) is 0 Å². The highest BCUT2D eigenvalue weighted by Crippen LogP contribution is 2.24. The zero-order valence-electron chi connectivity index (χ0n) is 10.3. The Kier molecular flexibility index (Phi) is 3.71. The van der Waals surface area contributed by atoms with E-state index in [1.54, 1.807) is 31.2 Å². The number of halogens is 1. The first kappa shape index (κ1) is 13.4. The molecule has 19 heavy (non-hydrogen) atoms. The summed E-state index contributed by atoms with van der Waals surface area (Å²) < 4.78 is 0. The predicted molar refractivity (Wildman–Crippen MR) is 73.9 cm³/mol. The second kappa shape index (κ2) is 5.27. The van der Waals surface area contributed by atoms with Gasteiger partial charge in [-0.25, -0.2) is 14.7 Å². The van der Waals surface area contributed by atoms with Crippen molar-refractivity contribution in [3.05, 3.63) is 24.3 Å². The average molecular weight is 281 g/mol. The number of aliphatic imine (C=N–C) groups is 1. The summed E-state index contributed by atoms with van der Waals surface area (Å²) in [5, 5.41) is 2.54. The molecule has 3 N–H and O–H groups in total. The lowest BCUT2D eigenvalue weighted by atomic mass is 10.2. The molecule has 0 radical (unpaired) electrons. The number of hydrogen-bond acceptors (Lipinski definition) is 3. The molecule has 0 aromatic heterocycles. The maximum Gasteiger partial charge on any atom is 0.329 e. The third-order valence-electron chi connectivity index (χ3n) is 2.63. The molecule has 1 aliphatic heterocycles. The lowest BCUT2D eigenvalue weighted by Gasteiger charge is -2.12. The van der Waals surface area contributed by atoms with E-state index in [2.05, 4.69) is 10.3 Å². The summed E-state index contributed by atoms with van der Waals surface area (Å²) in [7, 11) is 0. The lowest BCUT2D eigenvalue weighted by molar-refractivity contribution is -0.117. The van der Waals surface area contributed by atoms with Gasteiger partial charge in [0.2, 0.25) is 0 Å². The number of urea groups is 1. The molecule has 7 heteroatoms. The van der Waals surface area contributed by atoms with Gasteiger partial charge < -0.3 is 11.1 Å². The van der Waals surface area contributed by atoms with Gasteiger partial charge in [-0.2, -0.15) is 0 Å². The predicted octanol–water partition coefficient (Wildman–Crippen LogP) is 1.36. The van der Waals surface area contributed by atoms with Gasteiger partial charge in [0.15, 0.2) is 0 Å². The number of hydrogen-bond donors (Lipinski definition) is 2. The number of rotatable bonds is 3. The van der Waals surface area contributed by atoms with E-state index >= 15 is 0 Å². The smallest absolute Gasteiger partial charge is 0.329 e. The molecule has 1 atom stereocenters. The van der Waals surface area contributed by atoms with Crippen LogP contribution in [0.1, 0.15) is 6.92 Å². The first-order valence-electron chi connectivity index (χ1n) is 5.66. The summed E-state index contributed by atoms with van der Waals surface area (Å²) in [6, 6.07) is 5.71. The zero-order valence-corrected chi connectivity index (χ0v) is 11.0. The quantitative estimate of drug-likeness (QED) is 0.379. The summed E-state index contributed by atoms with van der Waals surface area (Å²) in [5.41, 5.74) is 6.54. The first-order valence-corrected chi connectivity index (χ1v) is 6.20. The highest BCUT2D eigenvalue weighted by atomic mass is 35.5. The summed E-state index contributed by atoms with van der Waals surface area (Å²) in [5.74, 6) is 0.0885. The molecule has 6 nitrogen and oxygen atoms in total. The van der Waals surface area contributed by atoms with Crippen molar-refractivity contribution in [2.45, 2.75) is 13.0 Å². The van der Waals surface area contributed by atoms with Crippen molar-refractivity contribution < 1.29 is 9.59 Å². The van der Waals surface area contributed by atoms with Crippen LogP contribution in [0, 0.1) is 0 Å². The fourth-order valence-corrected chi connectivity index (χ4v) is 1.81. The van der Waals surface area contributed by atoms with Gasteiger partial charge in [-0.15, -0.1) is 11.6 Å². The van der Waals surface area contributed by atoms with Crippen molar-refractivity contribution >= 4 is 40.7 Å². The highest BCUT2D eigenvalue weighted by Gasteiger charge is 2.36. The molecule has 1 saturated heterocycles. The van der Waals surface area contributed by atoms with Crippen LogP contribution in [0.5, 0.6) is 0 Å². The second-order valence-corrected chi connectivity index (χ2v) is 4.37. The Hall–Kier alpha value is -2.08. The van der Waals surface area contributed by atoms with Crippen molar-refractivity contribution in [3.8, 4) is 0 Å². The minimum atomic E-state index is -0.521. The van der Waals surface area contributed by atoms with Crippen LogP contribution in [-0.4, -0.2) is 29.7 Å². The van der Waals surface area contributed by atoms with Gasteiger partial charge in [-0.1, -0.05) is 6.07 Å². The van der Waals surface area contributed by atoms with Crippen molar-refractivity contribution in [1.29, 1.82) is 0 Å². The molecule has 0 saturated carbocycles. The Morgan fingerprint density at radius 1 is 1.53 bits per heavy atom. The largest absolute Gasteiger partial charge is 0.386 e. The number of alkyl halides is 1. The second-order valence-electron chi connectivity index (χ2n) is 4.10. The molecule has 2 rings (SSSR count). The molecule has 1 aliphatic rings. The van der Waals surface area contributed by atoms with Crippen LogP contribution in [0.3, 0.4) is 0 Å². The van der Waals surface area contributed by atoms with Crippen LogP contribution in [0.2, 0.25) is 0 Å². The number of benzene rings is 1. The van der Waals surface area contributed by atoms with Gasteiger partial charge >= 0.3 is 6.03 Å². The van der Waals surface area contributed by atoms with Gasteiger partial charge in [0, 0.05) is 0 Å². The molecule has 0 bridgehead atoms. The standard InChI is InChI=1S/C12H13ClN4O2/c1-7-11(18)17(12(19)15-7)9-4-2-3-8(5-9)16-10(14)6-13/h2-5,7H,6H2,1H3,(H2,14,16)(H,15,19). The fourth-order valence-electron chi connectivity index (χ4n) is 1.75. The molecule has 1 heterocycles. The van der Waals surface area contributed by atoms with E-state index in [0.717, 1.165) is 4.90 Å². The number of nitrogens with zero attached hydrogens (tertiary/aromatic N) is 2. The van der Waals surface area contributed by atoms with E-state index in [-0.39, 0.29) is 17.6 Å². The van der Waals surface area contributed by atoms with E-state index in [1.807, 2.05) is 0 Å². The van der Waals surface area contributed by atoms with Crippen LogP contribution in [0.25, 0.3) is 0 Å². The average Bonchev–Trinajstić information content (AvgIpc) is 2.63. The first-order chi connectivity index (χ1) is 9.02.